The molecule has 19 heavy (non-hydrogen) atoms. The minimum Gasteiger partial charge on any atom is -0.395 e. The minimum atomic E-state index is -3.38. The van der Waals surface area contributed by atoms with Crippen LogP contribution in [0.5, 0.6) is 0 Å². The topological polar surface area (TPSA) is 79.3 Å². The Morgan fingerprint density at radius 3 is 2.79 bits per heavy atom. The largest absolute Gasteiger partial charge is 0.395 e. The standard InChI is InChI=1S/C13H18N2O3S/c1-11(2)10-19(17,18)15-13-8-5-7-12(14-13)6-3-4-9-16/h5,7-8,11,16H,4,9-10H2,1-2H3,(H,14,15). The van der Waals surface area contributed by atoms with E-state index in [9.17, 15) is 8.42 Å². The molecule has 5 nitrogen and oxygen atoms in total. The predicted molar refractivity (Wildman–Crippen MR) is 75.1 cm³/mol. The van der Waals surface area contributed by atoms with Crippen molar-refractivity contribution in [1.82, 2.24) is 4.98 Å². The Labute approximate surface area is 114 Å². The number of rotatable bonds is 5. The molecular weight excluding hydrogens is 264 g/mol. The number of pyridine rings is 1. The van der Waals surface area contributed by atoms with E-state index < -0.39 is 10.0 Å². The van der Waals surface area contributed by atoms with Gasteiger partial charge in [0.05, 0.1) is 12.4 Å². The average molecular weight is 282 g/mol. The lowest BCUT2D eigenvalue weighted by atomic mass is 10.3. The molecule has 0 saturated heterocycles. The number of hydrogen-bond acceptors (Lipinski definition) is 4. The summed E-state index contributed by atoms with van der Waals surface area (Å²) in [6.07, 6.45) is 0.366. The van der Waals surface area contributed by atoms with Gasteiger partial charge in [-0.3, -0.25) is 4.72 Å². The zero-order chi connectivity index (χ0) is 14.3. The van der Waals surface area contributed by atoms with Crippen molar-refractivity contribution in [3.05, 3.63) is 23.9 Å². The summed E-state index contributed by atoms with van der Waals surface area (Å²) in [5.41, 5.74) is 0.471. The Hall–Kier alpha value is -1.58. The van der Waals surface area contributed by atoms with Crippen LogP contribution in [0.15, 0.2) is 18.2 Å². The molecule has 0 saturated carbocycles. The fourth-order valence-electron chi connectivity index (χ4n) is 1.41. The maximum Gasteiger partial charge on any atom is 0.234 e. The number of aliphatic hydroxyl groups is 1. The normalized spacial score (nSPS) is 10.9. The summed E-state index contributed by atoms with van der Waals surface area (Å²) in [7, 11) is -3.38. The van der Waals surface area contributed by atoms with Gasteiger partial charge in [-0.05, 0) is 24.0 Å². The Bertz CT molecular complexity index is 571. The van der Waals surface area contributed by atoms with Gasteiger partial charge in [-0.2, -0.15) is 0 Å². The summed E-state index contributed by atoms with van der Waals surface area (Å²) in [6.45, 7) is 3.67. The number of nitrogens with zero attached hydrogens (tertiary/aromatic N) is 1. The van der Waals surface area contributed by atoms with Crippen molar-refractivity contribution in [3.8, 4) is 11.8 Å². The summed E-state index contributed by atoms with van der Waals surface area (Å²) >= 11 is 0. The minimum absolute atomic E-state index is 0.00624. The van der Waals surface area contributed by atoms with E-state index in [2.05, 4.69) is 21.5 Å². The second kappa shape index (κ2) is 7.12. The first-order chi connectivity index (χ1) is 8.93. The second-order valence-corrected chi connectivity index (χ2v) is 6.23. The zero-order valence-corrected chi connectivity index (χ0v) is 11.9. The van der Waals surface area contributed by atoms with Gasteiger partial charge in [0.25, 0.3) is 0 Å². The Morgan fingerprint density at radius 2 is 2.16 bits per heavy atom. The van der Waals surface area contributed by atoms with Gasteiger partial charge in [0.2, 0.25) is 10.0 Å². The van der Waals surface area contributed by atoms with Gasteiger partial charge >= 0.3 is 0 Å². The van der Waals surface area contributed by atoms with Crippen LogP contribution in [0.25, 0.3) is 0 Å². The summed E-state index contributed by atoms with van der Waals surface area (Å²) < 4.78 is 25.9. The number of nitrogens with one attached hydrogen (secondary N) is 1. The quantitative estimate of drug-likeness (QED) is 0.796. The van der Waals surface area contributed by atoms with Crippen LogP contribution >= 0.6 is 0 Å². The number of hydrogen-bond donors (Lipinski definition) is 2. The highest BCUT2D eigenvalue weighted by atomic mass is 32.2. The lowest BCUT2D eigenvalue weighted by Gasteiger charge is -2.09. The molecule has 1 aromatic heterocycles. The van der Waals surface area contributed by atoms with Gasteiger partial charge in [0.1, 0.15) is 11.5 Å². The molecule has 1 rings (SSSR count). The maximum atomic E-state index is 11.8. The van der Waals surface area contributed by atoms with Gasteiger partial charge in [0, 0.05) is 6.42 Å². The van der Waals surface area contributed by atoms with E-state index in [1.807, 2.05) is 13.8 Å². The van der Waals surface area contributed by atoms with Crippen LogP contribution in [0.2, 0.25) is 0 Å². The lowest BCUT2D eigenvalue weighted by molar-refractivity contribution is 0.305. The van der Waals surface area contributed by atoms with E-state index in [1.54, 1.807) is 18.2 Å². The van der Waals surface area contributed by atoms with Crippen LogP contribution < -0.4 is 4.72 Å². The first kappa shape index (κ1) is 15.5. The highest BCUT2D eigenvalue weighted by Gasteiger charge is 2.13. The van der Waals surface area contributed by atoms with Crippen LogP contribution in [0.3, 0.4) is 0 Å². The van der Waals surface area contributed by atoms with Crippen LogP contribution in [0.4, 0.5) is 5.82 Å². The summed E-state index contributed by atoms with van der Waals surface area (Å²) in [5.74, 6) is 5.85. The van der Waals surface area contributed by atoms with Gasteiger partial charge < -0.3 is 5.11 Å². The van der Waals surface area contributed by atoms with Crippen LogP contribution in [0, 0.1) is 17.8 Å². The molecule has 2 N–H and O–H groups in total. The van der Waals surface area contributed by atoms with Crippen molar-refractivity contribution in [2.45, 2.75) is 20.3 Å². The molecule has 0 atom stereocenters. The zero-order valence-electron chi connectivity index (χ0n) is 11.0. The van der Waals surface area contributed by atoms with Crippen molar-refractivity contribution in [2.75, 3.05) is 17.1 Å². The van der Waals surface area contributed by atoms with Crippen molar-refractivity contribution in [2.24, 2.45) is 5.92 Å². The molecule has 0 aliphatic carbocycles. The van der Waals surface area contributed by atoms with E-state index in [4.69, 9.17) is 5.11 Å². The molecular formula is C13H18N2O3S. The third kappa shape index (κ3) is 6.22. The molecule has 0 aliphatic heterocycles. The summed E-state index contributed by atoms with van der Waals surface area (Å²) in [6, 6.07) is 4.95. The van der Waals surface area contributed by atoms with Crippen LogP contribution in [0.1, 0.15) is 26.0 Å². The molecule has 1 heterocycles. The van der Waals surface area contributed by atoms with Crippen molar-refractivity contribution in [3.63, 3.8) is 0 Å². The van der Waals surface area contributed by atoms with Gasteiger partial charge in [0.15, 0.2) is 0 Å². The monoisotopic (exact) mass is 282 g/mol. The number of sulfonamides is 1. The highest BCUT2D eigenvalue weighted by molar-refractivity contribution is 7.92. The molecule has 0 fully saturated rings. The first-order valence-electron chi connectivity index (χ1n) is 6.00. The Kier molecular flexibility index (Phi) is 5.80. The summed E-state index contributed by atoms with van der Waals surface area (Å²) in [4.78, 5) is 4.09. The fourth-order valence-corrected chi connectivity index (χ4v) is 2.80. The van der Waals surface area contributed by atoms with Crippen LogP contribution in [-0.4, -0.2) is 30.9 Å². The predicted octanol–water partition coefficient (Wildman–Crippen LogP) is 1.21. The Morgan fingerprint density at radius 1 is 1.42 bits per heavy atom. The molecule has 0 unspecified atom stereocenters. The fraction of sp³-hybridized carbons (Fsp3) is 0.462. The smallest absolute Gasteiger partial charge is 0.234 e. The molecule has 1 aromatic rings. The molecule has 0 bridgehead atoms. The van der Waals surface area contributed by atoms with E-state index in [-0.39, 0.29) is 24.1 Å². The third-order valence-electron chi connectivity index (χ3n) is 2.02. The molecule has 0 aliphatic rings. The van der Waals surface area contributed by atoms with Crippen molar-refractivity contribution in [1.29, 1.82) is 0 Å². The molecule has 6 heteroatoms. The SMILES string of the molecule is CC(C)CS(=O)(=O)Nc1cccc(C#CCCO)n1. The Balaban J connectivity index is 2.81. The molecule has 104 valence electrons. The summed E-state index contributed by atoms with van der Waals surface area (Å²) in [5, 5.41) is 8.62. The van der Waals surface area contributed by atoms with E-state index >= 15 is 0 Å². The van der Waals surface area contributed by atoms with Crippen LogP contribution in [-0.2, 0) is 10.0 Å². The van der Waals surface area contributed by atoms with Crippen molar-refractivity contribution < 1.29 is 13.5 Å². The number of anilines is 1. The van der Waals surface area contributed by atoms with E-state index in [0.29, 0.717) is 12.1 Å². The van der Waals surface area contributed by atoms with Gasteiger partial charge in [-0.1, -0.05) is 25.8 Å². The molecule has 0 spiro atoms. The first-order valence-corrected chi connectivity index (χ1v) is 7.65. The molecule has 0 radical (unpaired) electrons. The van der Waals surface area contributed by atoms with Gasteiger partial charge in [-0.15, -0.1) is 0 Å². The van der Waals surface area contributed by atoms with Crippen molar-refractivity contribution >= 4 is 15.8 Å². The number of aliphatic hydroxyl groups excluding tert-OH is 1. The lowest BCUT2D eigenvalue weighted by Crippen LogP contribution is -2.20. The van der Waals surface area contributed by atoms with E-state index in [1.165, 1.54) is 0 Å². The maximum absolute atomic E-state index is 11.8. The number of aromatic nitrogens is 1. The second-order valence-electron chi connectivity index (χ2n) is 4.46. The van der Waals surface area contributed by atoms with Gasteiger partial charge in [-0.25, -0.2) is 13.4 Å². The third-order valence-corrected chi connectivity index (χ3v) is 3.64. The molecule has 0 amide bonds. The van der Waals surface area contributed by atoms with E-state index in [0.717, 1.165) is 0 Å². The highest BCUT2D eigenvalue weighted by Crippen LogP contribution is 2.09. The molecule has 0 aromatic carbocycles. The average Bonchev–Trinajstić information content (AvgIpc) is 2.27.